The summed E-state index contributed by atoms with van der Waals surface area (Å²) in [6.45, 7) is 2.32. The standard InChI is InChI=1S/C16H24N4O7S.Na/c1-16(2)11(15(26)27)20-12(24)9(14(20)28-16)10(23)13(25)19(5-7(21)17-3)6-8(22)18-4;/h9-11,14,23H,5-6H2,1-4H3,(H,17,21)(H,18,22)(H,26,27);/q;+1/p-1/t9-,10+,11+,14-;/m1./s1. The Labute approximate surface area is 194 Å². The summed E-state index contributed by atoms with van der Waals surface area (Å²) in [6, 6.07) is -1.18. The van der Waals surface area contributed by atoms with E-state index in [4.69, 9.17) is 0 Å². The van der Waals surface area contributed by atoms with Crippen LogP contribution in [0.25, 0.3) is 0 Å². The Kier molecular flexibility index (Phi) is 8.55. The molecule has 2 saturated heterocycles. The van der Waals surface area contributed by atoms with E-state index >= 15 is 0 Å². The fourth-order valence-electron chi connectivity index (χ4n) is 3.37. The predicted octanol–water partition coefficient (Wildman–Crippen LogP) is -6.90. The van der Waals surface area contributed by atoms with Crippen LogP contribution in [0.5, 0.6) is 0 Å². The van der Waals surface area contributed by atoms with Crippen molar-refractivity contribution in [2.24, 2.45) is 5.92 Å². The van der Waals surface area contributed by atoms with Crippen molar-refractivity contribution in [2.45, 2.75) is 36.1 Å². The van der Waals surface area contributed by atoms with Gasteiger partial charge in [0.2, 0.25) is 17.7 Å². The molecule has 0 aromatic carbocycles. The van der Waals surface area contributed by atoms with Gasteiger partial charge in [0.25, 0.3) is 5.91 Å². The van der Waals surface area contributed by atoms with Gasteiger partial charge in [-0.2, -0.15) is 0 Å². The number of carboxylic acids is 1. The number of rotatable bonds is 7. The second-order valence-electron chi connectivity index (χ2n) is 7.09. The van der Waals surface area contributed by atoms with Crippen molar-refractivity contribution in [3.8, 4) is 0 Å². The van der Waals surface area contributed by atoms with E-state index in [1.807, 2.05) is 0 Å². The van der Waals surface area contributed by atoms with E-state index in [0.717, 1.165) is 21.6 Å². The van der Waals surface area contributed by atoms with Crippen LogP contribution in [0, 0.1) is 5.92 Å². The number of nitrogens with zero attached hydrogens (tertiary/aromatic N) is 2. The maximum Gasteiger partial charge on any atom is 1.00 e. The van der Waals surface area contributed by atoms with Gasteiger partial charge in [-0.25, -0.2) is 0 Å². The number of nitrogens with one attached hydrogen (secondary N) is 2. The monoisotopic (exact) mass is 438 g/mol. The first-order chi connectivity index (χ1) is 13.0. The van der Waals surface area contributed by atoms with Crippen molar-refractivity contribution < 1.29 is 63.7 Å². The van der Waals surface area contributed by atoms with Gasteiger partial charge in [-0.1, -0.05) is 0 Å². The average molecular weight is 438 g/mol. The van der Waals surface area contributed by atoms with E-state index in [2.05, 4.69) is 10.6 Å². The van der Waals surface area contributed by atoms with Gasteiger partial charge < -0.3 is 35.4 Å². The Morgan fingerprint density at radius 3 is 2.10 bits per heavy atom. The maximum absolute atomic E-state index is 12.7. The number of likely N-dealkylation sites (N-methyl/N-ethyl adjacent to an activating group) is 2. The van der Waals surface area contributed by atoms with E-state index in [9.17, 15) is 34.2 Å². The second-order valence-corrected chi connectivity index (χ2v) is 8.86. The average Bonchev–Trinajstić information content (AvgIpc) is 2.87. The molecule has 0 saturated carbocycles. The SMILES string of the molecule is CNC(=O)CN(CC(=O)NC)C(=O)[C@@H](O)[C@@H]1C(=O)N2[C@@H]1SC(C)(C)[C@@H]2C(=O)[O-].[Na+]. The number of aliphatic carboxylic acids is 1. The third-order valence-corrected chi connectivity index (χ3v) is 6.43. The number of carbonyl (C=O) groups excluding carboxylic acids is 5. The zero-order valence-electron chi connectivity index (χ0n) is 16.9. The minimum atomic E-state index is -1.81. The molecule has 3 N–H and O–H groups in total. The molecule has 0 unspecified atom stereocenters. The fraction of sp³-hybridized carbons (Fsp3) is 0.688. The molecule has 13 heteroatoms. The summed E-state index contributed by atoms with van der Waals surface area (Å²) < 4.78 is -0.861. The van der Waals surface area contributed by atoms with Gasteiger partial charge in [-0.3, -0.25) is 19.2 Å². The molecule has 0 aromatic rings. The Balaban J connectivity index is 0.00000420. The number of amides is 4. The number of hydrogen-bond acceptors (Lipinski definition) is 8. The maximum atomic E-state index is 12.7. The molecule has 0 aromatic heterocycles. The molecule has 2 rings (SSSR count). The van der Waals surface area contributed by atoms with Gasteiger partial charge in [0.1, 0.15) is 25.1 Å². The van der Waals surface area contributed by atoms with Crippen LogP contribution >= 0.6 is 11.8 Å². The zero-order chi connectivity index (χ0) is 21.4. The van der Waals surface area contributed by atoms with Gasteiger partial charge in [-0.15, -0.1) is 11.8 Å². The number of hydrogen-bond donors (Lipinski definition) is 3. The van der Waals surface area contributed by atoms with Gasteiger partial charge in [0.05, 0.1) is 17.4 Å². The van der Waals surface area contributed by atoms with Crippen molar-refractivity contribution >= 4 is 41.4 Å². The van der Waals surface area contributed by atoms with E-state index in [1.165, 1.54) is 14.1 Å². The molecule has 0 radical (unpaired) electrons. The van der Waals surface area contributed by atoms with Crippen LogP contribution in [0.1, 0.15) is 13.8 Å². The van der Waals surface area contributed by atoms with E-state index < -0.39 is 70.9 Å². The van der Waals surface area contributed by atoms with Crippen molar-refractivity contribution in [1.82, 2.24) is 20.4 Å². The van der Waals surface area contributed by atoms with Gasteiger partial charge in [-0.05, 0) is 13.8 Å². The van der Waals surface area contributed by atoms with Crippen molar-refractivity contribution in [3.05, 3.63) is 0 Å². The topological polar surface area (TPSA) is 159 Å². The smallest absolute Gasteiger partial charge is 0.548 e. The van der Waals surface area contributed by atoms with Crippen LogP contribution in [-0.2, 0) is 24.0 Å². The Hall–Kier alpha value is -1.34. The summed E-state index contributed by atoms with van der Waals surface area (Å²) in [5.74, 6) is -5.33. The summed E-state index contributed by atoms with van der Waals surface area (Å²) >= 11 is 1.16. The molecule has 156 valence electrons. The van der Waals surface area contributed by atoms with Gasteiger partial charge >= 0.3 is 29.6 Å². The number of aliphatic hydroxyl groups excluding tert-OH is 1. The van der Waals surface area contributed by atoms with E-state index in [0.29, 0.717) is 0 Å². The normalized spacial score (nSPS) is 25.1. The van der Waals surface area contributed by atoms with Crippen LogP contribution < -0.4 is 45.3 Å². The minimum absolute atomic E-state index is 0. The summed E-state index contributed by atoms with van der Waals surface area (Å²) in [5.41, 5.74) is 0. The van der Waals surface area contributed by atoms with Crippen LogP contribution in [0.15, 0.2) is 0 Å². The third kappa shape index (κ3) is 4.88. The number of carbonyl (C=O) groups is 5. The summed E-state index contributed by atoms with van der Waals surface area (Å²) in [5, 5.41) is 25.9. The van der Waals surface area contributed by atoms with E-state index in [1.54, 1.807) is 13.8 Å². The van der Waals surface area contributed by atoms with Crippen molar-refractivity contribution in [1.29, 1.82) is 0 Å². The fourth-order valence-corrected chi connectivity index (χ4v) is 5.08. The molecule has 2 aliphatic rings. The van der Waals surface area contributed by atoms with Gasteiger partial charge in [0.15, 0.2) is 0 Å². The zero-order valence-corrected chi connectivity index (χ0v) is 19.7. The molecule has 4 atom stereocenters. The first kappa shape index (κ1) is 25.7. The van der Waals surface area contributed by atoms with Crippen molar-refractivity contribution in [2.75, 3.05) is 27.2 Å². The largest absolute Gasteiger partial charge is 1.00 e. The molecule has 2 aliphatic heterocycles. The molecule has 4 amide bonds. The quantitative estimate of drug-likeness (QED) is 0.261. The van der Waals surface area contributed by atoms with Crippen LogP contribution in [-0.4, -0.2) is 94.0 Å². The van der Waals surface area contributed by atoms with Crippen LogP contribution in [0.3, 0.4) is 0 Å². The third-order valence-electron chi connectivity index (χ3n) is 4.84. The molecule has 11 nitrogen and oxygen atoms in total. The number of fused-ring (bicyclic) bond motifs is 1. The summed E-state index contributed by atoms with van der Waals surface area (Å²) in [7, 11) is 2.71. The molecular weight excluding hydrogens is 415 g/mol. The number of aliphatic hydroxyl groups is 1. The minimum Gasteiger partial charge on any atom is -0.548 e. The van der Waals surface area contributed by atoms with Gasteiger partial charge in [0, 0.05) is 18.8 Å². The van der Waals surface area contributed by atoms with Crippen LogP contribution in [0.2, 0.25) is 0 Å². The van der Waals surface area contributed by atoms with Crippen LogP contribution in [0.4, 0.5) is 0 Å². The molecule has 29 heavy (non-hydrogen) atoms. The molecule has 0 spiro atoms. The predicted molar refractivity (Wildman–Crippen MR) is 95.3 cm³/mol. The second kappa shape index (κ2) is 9.65. The molecule has 2 heterocycles. The Bertz CT molecular complexity index is 701. The Morgan fingerprint density at radius 1 is 1.21 bits per heavy atom. The number of β-lactam (4-membered cyclic amide) rings is 1. The first-order valence-corrected chi connectivity index (χ1v) is 9.43. The summed E-state index contributed by atoms with van der Waals surface area (Å²) in [6.07, 6.45) is -1.81. The molecule has 0 aliphatic carbocycles. The molecule has 2 fully saturated rings. The summed E-state index contributed by atoms with van der Waals surface area (Å²) in [4.78, 5) is 61.9. The molecule has 0 bridgehead atoms. The Morgan fingerprint density at radius 2 is 1.69 bits per heavy atom. The molecular formula is C16H23N4NaO7S. The number of carboxylic acid groups (broad SMARTS) is 1. The van der Waals surface area contributed by atoms with E-state index in [-0.39, 0.29) is 29.6 Å². The number of thioether (sulfide) groups is 1. The van der Waals surface area contributed by atoms with Crippen molar-refractivity contribution in [3.63, 3.8) is 0 Å². The first-order valence-electron chi connectivity index (χ1n) is 8.55.